The van der Waals surface area contributed by atoms with Crippen molar-refractivity contribution in [2.24, 2.45) is 0 Å². The maximum atomic E-state index is 13.9. The average molecular weight is 460 g/mol. The van der Waals surface area contributed by atoms with E-state index in [2.05, 4.69) is 15.2 Å². The van der Waals surface area contributed by atoms with Crippen LogP contribution >= 0.6 is 0 Å². The summed E-state index contributed by atoms with van der Waals surface area (Å²) in [6.45, 7) is 3.01. The molecule has 0 aliphatic rings. The molecule has 0 saturated carbocycles. The van der Waals surface area contributed by atoms with Gasteiger partial charge in [0, 0.05) is 18.7 Å². The molecule has 168 valence electrons. The second kappa shape index (κ2) is 9.18. The molecule has 9 nitrogen and oxygen atoms in total. The number of nitrogens with one attached hydrogen (secondary N) is 2. The zero-order valence-electron chi connectivity index (χ0n) is 17.5. The molecule has 0 aliphatic heterocycles. The largest absolute Gasteiger partial charge is 0.360 e. The molecule has 2 aromatic carbocycles. The van der Waals surface area contributed by atoms with Gasteiger partial charge in [-0.3, -0.25) is 14.3 Å². The standard InChI is InChI=1S/C21H21FN4O5S/c1-13-8-9-15(32(29,30)25-18-7-5-4-6-17(18)22)11-16(13)21(28)26(3)12-20(27)23-19-10-14(2)31-24-19/h4-11,25H,12H2,1-3H3,(H,23,24,27). The van der Waals surface area contributed by atoms with E-state index in [1.807, 2.05) is 0 Å². The van der Waals surface area contributed by atoms with E-state index in [9.17, 15) is 22.4 Å². The highest BCUT2D eigenvalue weighted by Gasteiger charge is 2.22. The first kappa shape index (κ1) is 22.9. The Morgan fingerprint density at radius 2 is 1.84 bits per heavy atom. The van der Waals surface area contributed by atoms with Crippen LogP contribution in [0.15, 0.2) is 57.9 Å². The van der Waals surface area contributed by atoms with Crippen molar-refractivity contribution in [3.8, 4) is 0 Å². The number of anilines is 2. The summed E-state index contributed by atoms with van der Waals surface area (Å²) in [5, 5.41) is 6.15. The molecule has 11 heteroatoms. The van der Waals surface area contributed by atoms with Gasteiger partial charge in [-0.05, 0) is 43.7 Å². The summed E-state index contributed by atoms with van der Waals surface area (Å²) < 4.78 is 46.3. The second-order valence-corrected chi connectivity index (χ2v) is 8.78. The van der Waals surface area contributed by atoms with Gasteiger partial charge in [0.25, 0.3) is 15.9 Å². The molecule has 0 aliphatic carbocycles. The number of hydrogen-bond acceptors (Lipinski definition) is 6. The summed E-state index contributed by atoms with van der Waals surface area (Å²) >= 11 is 0. The molecule has 0 bridgehead atoms. The van der Waals surface area contributed by atoms with E-state index in [4.69, 9.17) is 4.52 Å². The maximum Gasteiger partial charge on any atom is 0.262 e. The minimum absolute atomic E-state index is 0.0917. The van der Waals surface area contributed by atoms with Gasteiger partial charge in [0.2, 0.25) is 5.91 Å². The summed E-state index contributed by atoms with van der Waals surface area (Å²) in [5.41, 5.74) is 0.394. The molecule has 2 N–H and O–H groups in total. The van der Waals surface area contributed by atoms with E-state index < -0.39 is 27.7 Å². The summed E-state index contributed by atoms with van der Waals surface area (Å²) in [6, 6.07) is 10.8. The summed E-state index contributed by atoms with van der Waals surface area (Å²) in [6.07, 6.45) is 0. The van der Waals surface area contributed by atoms with Crippen LogP contribution in [0.4, 0.5) is 15.9 Å². The van der Waals surface area contributed by atoms with Crippen LogP contribution in [0.1, 0.15) is 21.7 Å². The van der Waals surface area contributed by atoms with Crippen LogP contribution in [0.3, 0.4) is 0 Å². The van der Waals surface area contributed by atoms with Gasteiger partial charge in [0.05, 0.1) is 17.1 Å². The van der Waals surface area contributed by atoms with Crippen LogP contribution in [0.25, 0.3) is 0 Å². The lowest BCUT2D eigenvalue weighted by Gasteiger charge is -2.18. The number of aryl methyl sites for hydroxylation is 2. The molecule has 1 heterocycles. The highest BCUT2D eigenvalue weighted by molar-refractivity contribution is 7.92. The number of benzene rings is 2. The van der Waals surface area contributed by atoms with E-state index in [1.165, 1.54) is 49.5 Å². The van der Waals surface area contributed by atoms with Gasteiger partial charge in [0.15, 0.2) is 5.82 Å². The number of amides is 2. The Kier molecular flexibility index (Phi) is 6.58. The van der Waals surface area contributed by atoms with Crippen molar-refractivity contribution in [3.63, 3.8) is 0 Å². The SMILES string of the molecule is Cc1cc(NC(=O)CN(C)C(=O)c2cc(S(=O)(=O)Nc3ccccc3F)ccc2C)no1. The van der Waals surface area contributed by atoms with Crippen molar-refractivity contribution in [1.29, 1.82) is 0 Å². The predicted octanol–water partition coefficient (Wildman–Crippen LogP) is 2.94. The predicted molar refractivity (Wildman–Crippen MR) is 115 cm³/mol. The van der Waals surface area contributed by atoms with Crippen LogP contribution in [-0.2, 0) is 14.8 Å². The fraction of sp³-hybridized carbons (Fsp3) is 0.190. The van der Waals surface area contributed by atoms with Gasteiger partial charge in [-0.25, -0.2) is 12.8 Å². The molecule has 3 aromatic rings. The highest BCUT2D eigenvalue weighted by atomic mass is 32.2. The Morgan fingerprint density at radius 1 is 1.12 bits per heavy atom. The third-order valence-corrected chi connectivity index (χ3v) is 5.85. The monoisotopic (exact) mass is 460 g/mol. The molecule has 0 unspecified atom stereocenters. The number of sulfonamides is 1. The number of para-hydroxylation sites is 1. The molecule has 32 heavy (non-hydrogen) atoms. The van der Waals surface area contributed by atoms with Crippen LogP contribution in [-0.4, -0.2) is 43.9 Å². The van der Waals surface area contributed by atoms with Crippen LogP contribution in [0, 0.1) is 19.7 Å². The number of halogens is 1. The lowest BCUT2D eigenvalue weighted by atomic mass is 10.1. The first-order valence-corrected chi connectivity index (χ1v) is 10.9. The number of nitrogens with zero attached hydrogens (tertiary/aromatic N) is 2. The number of carbonyl (C=O) groups is 2. The van der Waals surface area contributed by atoms with E-state index >= 15 is 0 Å². The molecular formula is C21H21FN4O5S. The third-order valence-electron chi connectivity index (χ3n) is 4.49. The lowest BCUT2D eigenvalue weighted by molar-refractivity contribution is -0.116. The fourth-order valence-corrected chi connectivity index (χ4v) is 3.94. The van der Waals surface area contributed by atoms with Crippen LogP contribution in [0.5, 0.6) is 0 Å². The van der Waals surface area contributed by atoms with Gasteiger partial charge in [-0.1, -0.05) is 23.4 Å². The van der Waals surface area contributed by atoms with Gasteiger partial charge >= 0.3 is 0 Å². The molecule has 1 aromatic heterocycles. The summed E-state index contributed by atoms with van der Waals surface area (Å²) in [7, 11) is -2.74. The molecule has 0 atom stereocenters. The molecule has 0 fully saturated rings. The van der Waals surface area contributed by atoms with Crippen molar-refractivity contribution >= 4 is 33.3 Å². The first-order chi connectivity index (χ1) is 15.1. The van der Waals surface area contributed by atoms with Gasteiger partial charge in [-0.15, -0.1) is 0 Å². The second-order valence-electron chi connectivity index (χ2n) is 7.09. The molecular weight excluding hydrogens is 439 g/mol. The van der Waals surface area contributed by atoms with Crippen molar-refractivity contribution in [3.05, 3.63) is 71.2 Å². The number of aromatic nitrogens is 1. The summed E-state index contributed by atoms with van der Waals surface area (Å²) in [4.78, 5) is 26.0. The molecule has 0 radical (unpaired) electrons. The Bertz CT molecular complexity index is 1270. The van der Waals surface area contributed by atoms with Gasteiger partial charge in [0.1, 0.15) is 11.6 Å². The Hall–Kier alpha value is -3.73. The number of hydrogen-bond donors (Lipinski definition) is 2. The highest BCUT2D eigenvalue weighted by Crippen LogP contribution is 2.22. The van der Waals surface area contributed by atoms with E-state index in [1.54, 1.807) is 13.8 Å². The molecule has 0 spiro atoms. The number of rotatable bonds is 7. The zero-order chi connectivity index (χ0) is 23.5. The Labute approximate surface area is 184 Å². The number of likely N-dealkylation sites (N-methyl/N-ethyl adjacent to an activating group) is 1. The molecule has 3 rings (SSSR count). The maximum absolute atomic E-state index is 13.9. The Balaban J connectivity index is 1.77. The summed E-state index contributed by atoms with van der Waals surface area (Å²) in [5.74, 6) is -1.06. The number of carbonyl (C=O) groups excluding carboxylic acids is 2. The smallest absolute Gasteiger partial charge is 0.262 e. The van der Waals surface area contributed by atoms with Crippen molar-refractivity contribution < 1.29 is 26.9 Å². The van der Waals surface area contributed by atoms with Crippen molar-refractivity contribution in [1.82, 2.24) is 10.1 Å². The van der Waals surface area contributed by atoms with Crippen molar-refractivity contribution in [2.45, 2.75) is 18.7 Å². The lowest BCUT2D eigenvalue weighted by Crippen LogP contribution is -2.35. The topological polar surface area (TPSA) is 122 Å². The molecule has 2 amide bonds. The van der Waals surface area contributed by atoms with E-state index in [0.717, 1.165) is 11.0 Å². The average Bonchev–Trinajstić information content (AvgIpc) is 3.13. The third kappa shape index (κ3) is 5.30. The first-order valence-electron chi connectivity index (χ1n) is 9.43. The van der Waals surface area contributed by atoms with Crippen LogP contribution < -0.4 is 10.0 Å². The zero-order valence-corrected chi connectivity index (χ0v) is 18.4. The van der Waals surface area contributed by atoms with E-state index in [-0.39, 0.29) is 28.5 Å². The fourth-order valence-electron chi connectivity index (χ4n) is 2.85. The van der Waals surface area contributed by atoms with E-state index in [0.29, 0.717) is 11.3 Å². The minimum atomic E-state index is -4.15. The van der Waals surface area contributed by atoms with Crippen LogP contribution in [0.2, 0.25) is 0 Å². The molecule has 0 saturated heterocycles. The minimum Gasteiger partial charge on any atom is -0.360 e. The normalized spacial score (nSPS) is 11.1. The van der Waals surface area contributed by atoms with Crippen molar-refractivity contribution in [2.75, 3.05) is 23.6 Å². The Morgan fingerprint density at radius 3 is 2.50 bits per heavy atom. The quantitative estimate of drug-likeness (QED) is 0.559. The van der Waals surface area contributed by atoms with Gasteiger partial charge in [-0.2, -0.15) is 0 Å². The van der Waals surface area contributed by atoms with Gasteiger partial charge < -0.3 is 14.7 Å².